The largest absolute Gasteiger partial charge is 0.497 e. The molecule has 2 aromatic carbocycles. The van der Waals surface area contributed by atoms with Gasteiger partial charge in [0, 0.05) is 10.5 Å². The average Bonchev–Trinajstić information content (AvgIpc) is 3.14. The van der Waals surface area contributed by atoms with Gasteiger partial charge in [0.05, 0.1) is 16.9 Å². The van der Waals surface area contributed by atoms with Crippen LogP contribution < -0.4 is 4.74 Å². The van der Waals surface area contributed by atoms with Gasteiger partial charge in [0.2, 0.25) is 5.90 Å². The van der Waals surface area contributed by atoms with Crippen LogP contribution in [0.4, 0.5) is 0 Å². The summed E-state index contributed by atoms with van der Waals surface area (Å²) in [6.45, 7) is 2.08. The van der Waals surface area contributed by atoms with E-state index in [1.54, 1.807) is 17.9 Å². The molecule has 0 saturated carbocycles. The highest BCUT2D eigenvalue weighted by Gasteiger charge is 2.26. The summed E-state index contributed by atoms with van der Waals surface area (Å²) in [6, 6.07) is 16.3. The molecule has 0 amide bonds. The molecular weight excluding hydrogens is 326 g/mol. The number of nitrogens with zero attached hydrogens (tertiary/aromatic N) is 1. The minimum atomic E-state index is -0.336. The molecule has 4 rings (SSSR count). The number of ether oxygens (including phenoxy) is 1. The molecule has 0 aliphatic carbocycles. The standard InChI is InChI=1S/C18H15NO2S2/c1-12-3-5-14(6-4-12)18-19-17-11-16(22-23(17)21-18)13-7-9-15(20-2)10-8-13/h3-11H,1-2H3. The van der Waals surface area contributed by atoms with E-state index in [1.807, 2.05) is 12.1 Å². The second kappa shape index (κ2) is 5.91. The Labute approximate surface area is 141 Å². The molecule has 0 aromatic heterocycles. The monoisotopic (exact) mass is 341 g/mol. The van der Waals surface area contributed by atoms with Gasteiger partial charge in [-0.3, -0.25) is 0 Å². The van der Waals surface area contributed by atoms with E-state index in [0.29, 0.717) is 0 Å². The van der Waals surface area contributed by atoms with Gasteiger partial charge in [-0.25, -0.2) is 4.99 Å². The third kappa shape index (κ3) is 2.82. The number of aryl methyl sites for hydroxylation is 1. The summed E-state index contributed by atoms with van der Waals surface area (Å²) < 4.78 is 11.2. The molecule has 2 aromatic rings. The number of rotatable bonds is 3. The van der Waals surface area contributed by atoms with Crippen molar-refractivity contribution < 1.29 is 8.92 Å². The first-order valence-electron chi connectivity index (χ1n) is 7.23. The zero-order chi connectivity index (χ0) is 15.8. The predicted molar refractivity (Wildman–Crippen MR) is 100.0 cm³/mol. The molecule has 0 saturated heterocycles. The molecule has 0 bridgehead atoms. The molecule has 0 radical (unpaired) electrons. The summed E-state index contributed by atoms with van der Waals surface area (Å²) in [6.07, 6.45) is 2.12. The summed E-state index contributed by atoms with van der Waals surface area (Å²) in [5.41, 5.74) is 3.43. The molecule has 0 spiro atoms. The second-order valence-electron chi connectivity index (χ2n) is 5.26. The van der Waals surface area contributed by atoms with Crippen LogP contribution >= 0.6 is 20.6 Å². The summed E-state index contributed by atoms with van der Waals surface area (Å²) in [5, 5.41) is 0. The lowest BCUT2D eigenvalue weighted by molar-refractivity contribution is 0.415. The summed E-state index contributed by atoms with van der Waals surface area (Å²) in [4.78, 5) is 6.86. The number of aliphatic imine (C=N–C) groups is 1. The van der Waals surface area contributed by atoms with Gasteiger partial charge in [0.25, 0.3) is 0 Å². The molecule has 3 nitrogen and oxygen atoms in total. The van der Waals surface area contributed by atoms with E-state index in [9.17, 15) is 0 Å². The van der Waals surface area contributed by atoms with Crippen LogP contribution in [0.5, 0.6) is 5.75 Å². The Bertz CT molecular complexity index is 850. The zero-order valence-electron chi connectivity index (χ0n) is 12.8. The highest BCUT2D eigenvalue weighted by Crippen LogP contribution is 2.52. The highest BCUT2D eigenvalue weighted by atomic mass is 33.1. The van der Waals surface area contributed by atoms with Gasteiger partial charge in [-0.05, 0) is 53.6 Å². The Hall–Kier alpha value is -1.98. The van der Waals surface area contributed by atoms with Gasteiger partial charge in [-0.15, -0.1) is 0 Å². The molecule has 2 heterocycles. The van der Waals surface area contributed by atoms with E-state index < -0.39 is 0 Å². The smallest absolute Gasteiger partial charge is 0.236 e. The highest BCUT2D eigenvalue weighted by molar-refractivity contribution is 8.86. The number of hydrogen-bond donors (Lipinski definition) is 0. The van der Waals surface area contributed by atoms with Gasteiger partial charge in [-0.2, -0.15) is 0 Å². The topological polar surface area (TPSA) is 30.8 Å². The Morgan fingerprint density at radius 3 is 2.35 bits per heavy atom. The van der Waals surface area contributed by atoms with Crippen molar-refractivity contribution in [2.45, 2.75) is 6.92 Å². The van der Waals surface area contributed by atoms with Gasteiger partial charge in [0.15, 0.2) is 0 Å². The molecule has 2 aliphatic rings. The maximum absolute atomic E-state index is 6.03. The minimum Gasteiger partial charge on any atom is -0.497 e. The fourth-order valence-electron chi connectivity index (χ4n) is 2.32. The van der Waals surface area contributed by atoms with Crippen molar-refractivity contribution in [3.63, 3.8) is 0 Å². The van der Waals surface area contributed by atoms with E-state index in [4.69, 9.17) is 8.92 Å². The molecule has 2 aliphatic heterocycles. The van der Waals surface area contributed by atoms with Gasteiger partial charge in [0.1, 0.15) is 10.7 Å². The lowest BCUT2D eigenvalue weighted by atomic mass is 10.1. The fraction of sp³-hybridized carbons (Fsp3) is 0.111. The Morgan fingerprint density at radius 1 is 1.00 bits per heavy atom. The second-order valence-corrected chi connectivity index (χ2v) is 8.33. The molecular formula is C18H15NO2S2. The van der Waals surface area contributed by atoms with Crippen molar-refractivity contribution in [3.8, 4) is 5.75 Å². The molecule has 5 heteroatoms. The van der Waals surface area contributed by atoms with Gasteiger partial charge < -0.3 is 8.92 Å². The lowest BCUT2D eigenvalue weighted by Crippen LogP contribution is -1.99. The van der Waals surface area contributed by atoms with E-state index in [1.165, 1.54) is 16.0 Å². The van der Waals surface area contributed by atoms with E-state index in [-0.39, 0.29) is 9.80 Å². The van der Waals surface area contributed by atoms with E-state index in [0.717, 1.165) is 22.2 Å². The lowest BCUT2D eigenvalue weighted by Gasteiger charge is -2.08. The average molecular weight is 341 g/mol. The Morgan fingerprint density at radius 2 is 1.70 bits per heavy atom. The first-order valence-corrected chi connectivity index (χ1v) is 9.71. The maximum Gasteiger partial charge on any atom is 0.236 e. The normalized spacial score (nSPS) is 19.0. The predicted octanol–water partition coefficient (Wildman–Crippen LogP) is 4.80. The van der Waals surface area contributed by atoms with Crippen molar-refractivity contribution in [2.24, 2.45) is 4.99 Å². The number of methoxy groups -OCH3 is 1. The molecule has 0 fully saturated rings. The third-order valence-corrected chi connectivity index (χ3v) is 6.88. The van der Waals surface area contributed by atoms with Crippen LogP contribution in [0, 0.1) is 6.92 Å². The van der Waals surface area contributed by atoms with Crippen molar-refractivity contribution in [3.05, 3.63) is 71.3 Å². The van der Waals surface area contributed by atoms with Crippen molar-refractivity contribution in [1.82, 2.24) is 0 Å². The number of hydrogen-bond acceptors (Lipinski definition) is 4. The van der Waals surface area contributed by atoms with E-state index in [2.05, 4.69) is 54.4 Å². The zero-order valence-corrected chi connectivity index (χ0v) is 14.4. The van der Waals surface area contributed by atoms with Crippen LogP contribution in [0.1, 0.15) is 16.7 Å². The van der Waals surface area contributed by atoms with Crippen molar-refractivity contribution >= 4 is 36.4 Å². The Kier molecular flexibility index (Phi) is 3.75. The summed E-state index contributed by atoms with van der Waals surface area (Å²) >= 11 is 0. The first kappa shape index (κ1) is 14.6. The van der Waals surface area contributed by atoms with Crippen LogP contribution in [0.25, 0.3) is 4.91 Å². The van der Waals surface area contributed by atoms with Crippen molar-refractivity contribution in [2.75, 3.05) is 7.11 Å². The van der Waals surface area contributed by atoms with Gasteiger partial charge in [-0.1, -0.05) is 29.8 Å². The van der Waals surface area contributed by atoms with Gasteiger partial charge >= 0.3 is 0 Å². The van der Waals surface area contributed by atoms with Crippen LogP contribution in [-0.2, 0) is 4.18 Å². The quantitative estimate of drug-likeness (QED) is 0.594. The van der Waals surface area contributed by atoms with Crippen molar-refractivity contribution in [1.29, 1.82) is 0 Å². The van der Waals surface area contributed by atoms with E-state index >= 15 is 0 Å². The minimum absolute atomic E-state index is 0.336. The third-order valence-electron chi connectivity index (χ3n) is 3.63. The fourth-order valence-corrected chi connectivity index (χ4v) is 5.54. The van der Waals surface area contributed by atoms with Crippen LogP contribution in [0.2, 0.25) is 0 Å². The SMILES string of the molecule is COc1ccc(C2=CC3=S(OC(c4ccc(C)cc4)=N3)S2)cc1. The maximum atomic E-state index is 6.03. The van der Waals surface area contributed by atoms with Crippen LogP contribution in [0.3, 0.4) is 0 Å². The Balaban J connectivity index is 1.56. The molecule has 1 atom stereocenters. The molecule has 1 unspecified atom stereocenters. The molecule has 0 N–H and O–H groups in total. The first-order chi connectivity index (χ1) is 11.2. The van der Waals surface area contributed by atoms with Crippen LogP contribution in [-0.4, -0.2) is 18.0 Å². The molecule has 116 valence electrons. The molecule has 23 heavy (non-hydrogen) atoms. The summed E-state index contributed by atoms with van der Waals surface area (Å²) in [5.74, 6) is 1.59. The summed E-state index contributed by atoms with van der Waals surface area (Å²) in [7, 11) is 3.06. The number of benzene rings is 2. The van der Waals surface area contributed by atoms with Crippen LogP contribution in [0.15, 0.2) is 59.6 Å².